The maximum absolute atomic E-state index is 11.2. The molecule has 1 aromatic carbocycles. The van der Waals surface area contributed by atoms with Crippen LogP contribution in [0.5, 0.6) is 11.5 Å². The van der Waals surface area contributed by atoms with Crippen LogP contribution in [0.1, 0.15) is 12.5 Å². The predicted molar refractivity (Wildman–Crippen MR) is 80.1 cm³/mol. The largest absolute Gasteiger partial charge is 0.493 e. The number of carbonyl (C=O) groups is 1. The van der Waals surface area contributed by atoms with Crippen molar-refractivity contribution in [2.45, 2.75) is 13.5 Å². The molecule has 2 atom stereocenters. The number of ether oxygens (including phenoxy) is 2. The minimum atomic E-state index is -0.733. The second-order valence-electron chi connectivity index (χ2n) is 5.39. The van der Waals surface area contributed by atoms with Gasteiger partial charge in [-0.15, -0.1) is 0 Å². The second-order valence-corrected chi connectivity index (χ2v) is 5.77. The quantitative estimate of drug-likeness (QED) is 0.905. The number of aliphatic carboxylic acids is 1. The standard InChI is InChI=1S/C15H20ClNO4/c1-9-6-17(8-11(9)15(18)19)7-10-4-5-12(20-2)14(21-3)13(10)16/h4-5,9,11H,6-8H2,1-3H3,(H,18,19)/t9-,11-/m1/s1. The van der Waals surface area contributed by atoms with Crippen molar-refractivity contribution >= 4 is 17.6 Å². The lowest BCUT2D eigenvalue weighted by atomic mass is 9.99. The van der Waals surface area contributed by atoms with E-state index >= 15 is 0 Å². The molecule has 1 fully saturated rings. The molecule has 1 saturated heterocycles. The Labute approximate surface area is 129 Å². The number of rotatable bonds is 5. The van der Waals surface area contributed by atoms with Crippen molar-refractivity contribution in [2.75, 3.05) is 27.3 Å². The first-order chi connectivity index (χ1) is 9.97. The number of methoxy groups -OCH3 is 2. The van der Waals surface area contributed by atoms with E-state index in [4.69, 9.17) is 21.1 Å². The first kappa shape index (κ1) is 15.9. The number of halogens is 1. The first-order valence-corrected chi connectivity index (χ1v) is 7.20. The molecule has 0 unspecified atom stereocenters. The predicted octanol–water partition coefficient (Wildman–Crippen LogP) is 2.51. The SMILES string of the molecule is COc1ccc(CN2C[C@@H](C)[C@H](C(=O)O)C2)c(Cl)c1OC. The summed E-state index contributed by atoms with van der Waals surface area (Å²) in [6.07, 6.45) is 0. The molecule has 5 nitrogen and oxygen atoms in total. The molecule has 0 spiro atoms. The lowest BCUT2D eigenvalue weighted by Crippen LogP contribution is -2.23. The van der Waals surface area contributed by atoms with Gasteiger partial charge in [0.05, 0.1) is 25.2 Å². The van der Waals surface area contributed by atoms with E-state index in [1.165, 1.54) is 0 Å². The summed E-state index contributed by atoms with van der Waals surface area (Å²) in [5, 5.41) is 9.70. The van der Waals surface area contributed by atoms with Gasteiger partial charge in [-0.3, -0.25) is 9.69 Å². The van der Waals surface area contributed by atoms with Gasteiger partial charge in [0.1, 0.15) is 0 Å². The zero-order chi connectivity index (χ0) is 15.6. The van der Waals surface area contributed by atoms with Crippen molar-refractivity contribution in [1.29, 1.82) is 0 Å². The van der Waals surface area contributed by atoms with E-state index in [1.54, 1.807) is 14.2 Å². The van der Waals surface area contributed by atoms with Crippen molar-refractivity contribution in [1.82, 2.24) is 4.90 Å². The highest BCUT2D eigenvalue weighted by atomic mass is 35.5. The van der Waals surface area contributed by atoms with E-state index in [2.05, 4.69) is 4.90 Å². The first-order valence-electron chi connectivity index (χ1n) is 6.82. The van der Waals surface area contributed by atoms with E-state index in [0.29, 0.717) is 29.6 Å². The molecular weight excluding hydrogens is 294 g/mol. The summed E-state index contributed by atoms with van der Waals surface area (Å²) in [6, 6.07) is 3.71. The number of benzene rings is 1. The molecule has 0 radical (unpaired) electrons. The van der Waals surface area contributed by atoms with Gasteiger partial charge in [-0.25, -0.2) is 0 Å². The van der Waals surface area contributed by atoms with Gasteiger partial charge in [-0.2, -0.15) is 0 Å². The average Bonchev–Trinajstić information content (AvgIpc) is 2.81. The average molecular weight is 314 g/mol. The van der Waals surface area contributed by atoms with E-state index in [-0.39, 0.29) is 11.8 Å². The summed E-state index contributed by atoms with van der Waals surface area (Å²) in [5.74, 6) is 0.192. The molecule has 116 valence electrons. The van der Waals surface area contributed by atoms with Crippen molar-refractivity contribution < 1.29 is 19.4 Å². The summed E-state index contributed by atoms with van der Waals surface area (Å²) in [4.78, 5) is 13.3. The molecule has 0 amide bonds. The number of hydrogen-bond donors (Lipinski definition) is 1. The normalized spacial score (nSPS) is 22.3. The summed E-state index contributed by atoms with van der Waals surface area (Å²) >= 11 is 6.36. The van der Waals surface area contributed by atoms with Gasteiger partial charge in [-0.05, 0) is 17.5 Å². The van der Waals surface area contributed by atoms with Crippen molar-refractivity contribution in [2.24, 2.45) is 11.8 Å². The highest BCUT2D eigenvalue weighted by Gasteiger charge is 2.34. The van der Waals surface area contributed by atoms with E-state index < -0.39 is 5.97 Å². The Hall–Kier alpha value is -1.46. The highest BCUT2D eigenvalue weighted by Crippen LogP contribution is 2.38. The van der Waals surface area contributed by atoms with Gasteiger partial charge >= 0.3 is 5.97 Å². The fraction of sp³-hybridized carbons (Fsp3) is 0.533. The fourth-order valence-electron chi connectivity index (χ4n) is 2.81. The van der Waals surface area contributed by atoms with Crippen molar-refractivity contribution in [3.05, 3.63) is 22.7 Å². The number of hydrogen-bond acceptors (Lipinski definition) is 4. The highest BCUT2D eigenvalue weighted by molar-refractivity contribution is 6.33. The summed E-state index contributed by atoms with van der Waals surface area (Å²) in [6.45, 7) is 3.87. The molecule has 1 aliphatic heterocycles. The summed E-state index contributed by atoms with van der Waals surface area (Å²) in [7, 11) is 3.11. The maximum Gasteiger partial charge on any atom is 0.308 e. The fourth-order valence-corrected chi connectivity index (χ4v) is 3.10. The Morgan fingerprint density at radius 2 is 2.10 bits per heavy atom. The lowest BCUT2D eigenvalue weighted by molar-refractivity contribution is -0.142. The molecule has 2 rings (SSSR count). The molecule has 1 heterocycles. The van der Waals surface area contributed by atoms with Crippen LogP contribution in [0.15, 0.2) is 12.1 Å². The van der Waals surface area contributed by atoms with Crippen LogP contribution in [-0.2, 0) is 11.3 Å². The molecule has 6 heteroatoms. The van der Waals surface area contributed by atoms with Crippen LogP contribution in [0.2, 0.25) is 5.02 Å². The Morgan fingerprint density at radius 3 is 2.62 bits per heavy atom. The van der Waals surface area contributed by atoms with E-state index in [0.717, 1.165) is 12.1 Å². The van der Waals surface area contributed by atoms with Crippen molar-refractivity contribution in [3.63, 3.8) is 0 Å². The van der Waals surface area contributed by atoms with E-state index in [9.17, 15) is 9.90 Å². The van der Waals surface area contributed by atoms with Crippen molar-refractivity contribution in [3.8, 4) is 11.5 Å². The molecule has 1 N–H and O–H groups in total. The zero-order valence-corrected chi connectivity index (χ0v) is 13.2. The van der Waals surface area contributed by atoms with Gasteiger partial charge in [-0.1, -0.05) is 24.6 Å². The lowest BCUT2D eigenvalue weighted by Gasteiger charge is -2.18. The third kappa shape index (κ3) is 3.24. The molecule has 0 aliphatic carbocycles. The Bertz CT molecular complexity index is 535. The smallest absolute Gasteiger partial charge is 0.308 e. The minimum Gasteiger partial charge on any atom is -0.493 e. The Balaban J connectivity index is 2.16. The molecule has 0 saturated carbocycles. The van der Waals surface area contributed by atoms with E-state index in [1.807, 2.05) is 19.1 Å². The van der Waals surface area contributed by atoms with Crippen LogP contribution in [-0.4, -0.2) is 43.3 Å². The van der Waals surface area contributed by atoms with Gasteiger partial charge < -0.3 is 14.6 Å². The van der Waals surface area contributed by atoms with Crippen LogP contribution < -0.4 is 9.47 Å². The molecule has 0 bridgehead atoms. The Kier molecular flexibility index (Phi) is 4.96. The molecule has 1 aliphatic rings. The van der Waals surface area contributed by atoms with Gasteiger partial charge in [0.15, 0.2) is 11.5 Å². The van der Waals surface area contributed by atoms with Gasteiger partial charge in [0, 0.05) is 19.6 Å². The minimum absolute atomic E-state index is 0.140. The molecule has 21 heavy (non-hydrogen) atoms. The Morgan fingerprint density at radius 1 is 1.38 bits per heavy atom. The van der Waals surface area contributed by atoms with Crippen LogP contribution >= 0.6 is 11.6 Å². The third-order valence-electron chi connectivity index (χ3n) is 3.96. The topological polar surface area (TPSA) is 59.0 Å². The van der Waals surface area contributed by atoms with Gasteiger partial charge in [0.2, 0.25) is 0 Å². The monoisotopic (exact) mass is 313 g/mol. The maximum atomic E-state index is 11.2. The van der Waals surface area contributed by atoms with Crippen LogP contribution in [0.3, 0.4) is 0 Å². The molecule has 1 aromatic rings. The second kappa shape index (κ2) is 6.54. The summed E-state index contributed by atoms with van der Waals surface area (Å²) < 4.78 is 10.5. The van der Waals surface area contributed by atoms with Crippen LogP contribution in [0, 0.1) is 11.8 Å². The zero-order valence-electron chi connectivity index (χ0n) is 12.4. The number of nitrogens with zero attached hydrogens (tertiary/aromatic N) is 1. The number of likely N-dealkylation sites (tertiary alicyclic amines) is 1. The molecule has 0 aromatic heterocycles. The summed E-state index contributed by atoms with van der Waals surface area (Å²) in [5.41, 5.74) is 0.910. The molecular formula is C15H20ClNO4. The third-order valence-corrected chi connectivity index (χ3v) is 4.38. The van der Waals surface area contributed by atoms with Crippen LogP contribution in [0.25, 0.3) is 0 Å². The van der Waals surface area contributed by atoms with Crippen LogP contribution in [0.4, 0.5) is 0 Å². The number of carboxylic acids is 1. The van der Waals surface area contributed by atoms with Gasteiger partial charge in [0.25, 0.3) is 0 Å². The number of carboxylic acid groups (broad SMARTS) is 1.